The molecular formula is C22H27N5O2S. The number of benzene rings is 1. The normalized spacial score (nSPS) is 16.9. The first-order valence-corrected chi connectivity index (χ1v) is 11.2. The van der Waals surface area contributed by atoms with Crippen molar-refractivity contribution in [2.75, 3.05) is 19.6 Å². The molecule has 3 heterocycles. The van der Waals surface area contributed by atoms with E-state index in [1.807, 2.05) is 49.1 Å². The number of rotatable bonds is 6. The SMILES string of the molecule is CCNC(=NCc1ccc(-c2nc3ccccc3s2)o1)NC1CCN(C(=O)CC)C1. The van der Waals surface area contributed by atoms with E-state index >= 15 is 0 Å². The summed E-state index contributed by atoms with van der Waals surface area (Å²) in [6, 6.07) is 12.2. The monoisotopic (exact) mass is 425 g/mol. The van der Waals surface area contributed by atoms with Crippen LogP contribution in [0.2, 0.25) is 0 Å². The Balaban J connectivity index is 1.40. The number of hydrogen-bond donors (Lipinski definition) is 2. The largest absolute Gasteiger partial charge is 0.457 e. The number of aromatic nitrogens is 1. The van der Waals surface area contributed by atoms with E-state index in [1.165, 1.54) is 0 Å². The first kappa shape index (κ1) is 20.4. The molecule has 30 heavy (non-hydrogen) atoms. The maximum Gasteiger partial charge on any atom is 0.222 e. The van der Waals surface area contributed by atoms with Crippen molar-refractivity contribution < 1.29 is 9.21 Å². The van der Waals surface area contributed by atoms with Crippen molar-refractivity contribution >= 4 is 33.4 Å². The van der Waals surface area contributed by atoms with Crippen LogP contribution in [0.3, 0.4) is 0 Å². The molecule has 1 aliphatic rings. The zero-order valence-electron chi connectivity index (χ0n) is 17.4. The number of aliphatic imine (C=N–C) groups is 1. The van der Waals surface area contributed by atoms with E-state index in [0.717, 1.165) is 58.8 Å². The second-order valence-corrected chi connectivity index (χ2v) is 8.30. The Labute approximate surface area is 180 Å². The summed E-state index contributed by atoms with van der Waals surface area (Å²) < 4.78 is 7.14. The molecule has 1 unspecified atom stereocenters. The summed E-state index contributed by atoms with van der Waals surface area (Å²) in [6.07, 6.45) is 1.48. The van der Waals surface area contributed by atoms with Crippen LogP contribution in [0, 0.1) is 0 Å². The van der Waals surface area contributed by atoms with E-state index < -0.39 is 0 Å². The third-order valence-electron chi connectivity index (χ3n) is 5.09. The molecule has 7 nitrogen and oxygen atoms in total. The highest BCUT2D eigenvalue weighted by molar-refractivity contribution is 7.21. The Morgan fingerprint density at radius 1 is 1.30 bits per heavy atom. The van der Waals surface area contributed by atoms with Gasteiger partial charge in [0.1, 0.15) is 12.3 Å². The molecule has 1 aromatic carbocycles. The number of para-hydroxylation sites is 1. The van der Waals surface area contributed by atoms with Crippen LogP contribution in [-0.2, 0) is 11.3 Å². The smallest absolute Gasteiger partial charge is 0.222 e. The van der Waals surface area contributed by atoms with Crippen LogP contribution < -0.4 is 10.6 Å². The molecule has 8 heteroatoms. The lowest BCUT2D eigenvalue weighted by atomic mass is 10.3. The minimum absolute atomic E-state index is 0.208. The quantitative estimate of drug-likeness (QED) is 0.466. The van der Waals surface area contributed by atoms with Gasteiger partial charge in [-0.25, -0.2) is 9.98 Å². The van der Waals surface area contributed by atoms with Crippen molar-refractivity contribution in [3.8, 4) is 10.8 Å². The molecule has 0 aliphatic carbocycles. The van der Waals surface area contributed by atoms with Crippen LogP contribution >= 0.6 is 11.3 Å². The predicted octanol–water partition coefficient (Wildman–Crippen LogP) is 3.62. The molecule has 0 radical (unpaired) electrons. The molecule has 1 amide bonds. The van der Waals surface area contributed by atoms with Crippen molar-refractivity contribution in [2.24, 2.45) is 4.99 Å². The minimum atomic E-state index is 0.208. The topological polar surface area (TPSA) is 82.8 Å². The van der Waals surface area contributed by atoms with Gasteiger partial charge < -0.3 is 20.0 Å². The fourth-order valence-electron chi connectivity index (χ4n) is 3.55. The number of carbonyl (C=O) groups excluding carboxylic acids is 1. The third kappa shape index (κ3) is 4.64. The molecular weight excluding hydrogens is 398 g/mol. The van der Waals surface area contributed by atoms with Crippen LogP contribution in [0.15, 0.2) is 45.8 Å². The second-order valence-electron chi connectivity index (χ2n) is 7.27. The lowest BCUT2D eigenvalue weighted by Crippen LogP contribution is -2.45. The van der Waals surface area contributed by atoms with E-state index in [4.69, 9.17) is 4.42 Å². The Morgan fingerprint density at radius 2 is 2.17 bits per heavy atom. The molecule has 0 bridgehead atoms. The van der Waals surface area contributed by atoms with Crippen LogP contribution in [0.1, 0.15) is 32.4 Å². The summed E-state index contributed by atoms with van der Waals surface area (Å²) in [7, 11) is 0. The maximum absolute atomic E-state index is 11.9. The first-order valence-electron chi connectivity index (χ1n) is 10.4. The van der Waals surface area contributed by atoms with E-state index in [0.29, 0.717) is 13.0 Å². The van der Waals surface area contributed by atoms with Crippen LogP contribution in [0.5, 0.6) is 0 Å². The Morgan fingerprint density at radius 3 is 2.97 bits per heavy atom. The molecule has 2 aromatic heterocycles. The summed E-state index contributed by atoms with van der Waals surface area (Å²) in [6.45, 7) is 6.67. The highest BCUT2D eigenvalue weighted by Crippen LogP contribution is 2.31. The predicted molar refractivity (Wildman–Crippen MR) is 121 cm³/mol. The van der Waals surface area contributed by atoms with E-state index in [2.05, 4.69) is 26.7 Å². The van der Waals surface area contributed by atoms with E-state index in [9.17, 15) is 4.79 Å². The molecule has 1 saturated heterocycles. The number of nitrogens with one attached hydrogen (secondary N) is 2. The highest BCUT2D eigenvalue weighted by Gasteiger charge is 2.25. The zero-order valence-corrected chi connectivity index (χ0v) is 18.2. The number of thiazole rings is 1. The van der Waals surface area contributed by atoms with Gasteiger partial charge in [0.05, 0.1) is 10.2 Å². The molecule has 1 fully saturated rings. The Kier molecular flexibility index (Phi) is 6.32. The molecule has 1 aliphatic heterocycles. The average molecular weight is 426 g/mol. The first-order chi connectivity index (χ1) is 14.7. The second kappa shape index (κ2) is 9.30. The number of fused-ring (bicyclic) bond motifs is 1. The van der Waals surface area contributed by atoms with Crippen molar-refractivity contribution in [2.45, 2.75) is 39.3 Å². The number of carbonyl (C=O) groups is 1. The van der Waals surface area contributed by atoms with Gasteiger partial charge >= 0.3 is 0 Å². The van der Waals surface area contributed by atoms with Crippen LogP contribution in [0.25, 0.3) is 21.0 Å². The molecule has 2 N–H and O–H groups in total. The number of nitrogens with zero attached hydrogens (tertiary/aromatic N) is 3. The van der Waals surface area contributed by atoms with Gasteiger partial charge in [-0.3, -0.25) is 4.79 Å². The van der Waals surface area contributed by atoms with Crippen molar-refractivity contribution in [3.05, 3.63) is 42.2 Å². The van der Waals surface area contributed by atoms with Gasteiger partial charge in [-0.05, 0) is 37.6 Å². The van der Waals surface area contributed by atoms with Gasteiger partial charge in [-0.15, -0.1) is 11.3 Å². The van der Waals surface area contributed by atoms with Crippen molar-refractivity contribution in [1.29, 1.82) is 0 Å². The molecule has 4 rings (SSSR count). The average Bonchev–Trinajstić information content (AvgIpc) is 3.50. The van der Waals surface area contributed by atoms with Crippen molar-refractivity contribution in [3.63, 3.8) is 0 Å². The van der Waals surface area contributed by atoms with Gasteiger partial charge in [-0.2, -0.15) is 0 Å². The van der Waals surface area contributed by atoms with Crippen molar-refractivity contribution in [1.82, 2.24) is 20.5 Å². The molecule has 1 atom stereocenters. The van der Waals surface area contributed by atoms with E-state index in [1.54, 1.807) is 11.3 Å². The fourth-order valence-corrected chi connectivity index (χ4v) is 4.48. The summed E-state index contributed by atoms with van der Waals surface area (Å²) >= 11 is 1.62. The molecule has 158 valence electrons. The lowest BCUT2D eigenvalue weighted by molar-refractivity contribution is -0.129. The third-order valence-corrected chi connectivity index (χ3v) is 6.14. The summed E-state index contributed by atoms with van der Waals surface area (Å²) in [5.41, 5.74) is 0.985. The van der Waals surface area contributed by atoms with Gasteiger partial charge in [0.2, 0.25) is 5.91 Å². The molecule has 0 saturated carbocycles. The number of furan rings is 1. The maximum atomic E-state index is 11.9. The molecule has 0 spiro atoms. The highest BCUT2D eigenvalue weighted by atomic mass is 32.1. The summed E-state index contributed by atoms with van der Waals surface area (Å²) in [5, 5.41) is 7.60. The number of guanidine groups is 1. The lowest BCUT2D eigenvalue weighted by Gasteiger charge is -2.18. The van der Waals surface area contributed by atoms with Crippen LogP contribution in [0.4, 0.5) is 0 Å². The van der Waals surface area contributed by atoms with Gasteiger partial charge in [0.15, 0.2) is 16.7 Å². The van der Waals surface area contributed by atoms with Crippen LogP contribution in [-0.4, -0.2) is 47.4 Å². The standard InChI is InChI=1S/C22H27N5O2S/c1-3-20(28)27-12-11-15(14-27)25-22(23-4-2)24-13-16-9-10-18(29-16)21-26-17-7-5-6-8-19(17)30-21/h5-10,15H,3-4,11-14H2,1-2H3,(H2,23,24,25). The zero-order chi connectivity index (χ0) is 20.9. The van der Waals surface area contributed by atoms with Gasteiger partial charge in [-0.1, -0.05) is 19.1 Å². The number of hydrogen-bond acceptors (Lipinski definition) is 5. The Bertz CT molecular complexity index is 1010. The summed E-state index contributed by atoms with van der Waals surface area (Å²) in [4.78, 5) is 23.1. The Hall–Kier alpha value is -2.87. The van der Waals surface area contributed by atoms with E-state index in [-0.39, 0.29) is 11.9 Å². The minimum Gasteiger partial charge on any atom is -0.457 e. The van der Waals surface area contributed by atoms with Gasteiger partial charge in [0.25, 0.3) is 0 Å². The molecule has 3 aromatic rings. The van der Waals surface area contributed by atoms with Gasteiger partial charge in [0, 0.05) is 32.1 Å². The fraction of sp³-hybridized carbons (Fsp3) is 0.409. The number of amides is 1. The summed E-state index contributed by atoms with van der Waals surface area (Å²) in [5.74, 6) is 2.50. The number of likely N-dealkylation sites (tertiary alicyclic amines) is 1.